The van der Waals surface area contributed by atoms with Crippen LogP contribution in [0.5, 0.6) is 0 Å². The summed E-state index contributed by atoms with van der Waals surface area (Å²) in [5.41, 5.74) is 1.06. The predicted molar refractivity (Wildman–Crippen MR) is 187 cm³/mol. The molecular weight excluding hydrogens is 621 g/mol. The fourth-order valence-corrected chi connectivity index (χ4v) is 7.16. The lowest BCUT2D eigenvalue weighted by atomic mass is 10.0. The van der Waals surface area contributed by atoms with Crippen LogP contribution < -0.4 is 10.6 Å². The molecule has 0 saturated heterocycles. The predicted octanol–water partition coefficient (Wildman–Crippen LogP) is 8.08. The maximum Gasteiger partial charge on any atom is 0.329 e. The first-order valence-electron chi connectivity index (χ1n) is 15.8. The van der Waals surface area contributed by atoms with E-state index in [1.165, 1.54) is 21.6 Å². The van der Waals surface area contributed by atoms with E-state index in [1.54, 1.807) is 41.5 Å². The van der Waals surface area contributed by atoms with Crippen molar-refractivity contribution in [3.05, 3.63) is 58.7 Å². The van der Waals surface area contributed by atoms with Crippen molar-refractivity contribution in [3.63, 3.8) is 0 Å². The van der Waals surface area contributed by atoms with Crippen molar-refractivity contribution in [2.45, 2.75) is 129 Å². The summed E-state index contributed by atoms with van der Waals surface area (Å²) in [6.07, 6.45) is 0.874. The molecule has 2 aromatic carbocycles. The lowest BCUT2D eigenvalue weighted by Gasteiger charge is -2.26. The first kappa shape index (κ1) is 39.2. The molecule has 0 aliphatic rings. The normalized spacial score (nSPS) is 13.3. The number of carbonyl (C=O) groups is 4. The van der Waals surface area contributed by atoms with Crippen molar-refractivity contribution in [1.29, 1.82) is 0 Å². The maximum absolute atomic E-state index is 13.7. The molecule has 0 bridgehead atoms. The number of amides is 2. The molecule has 2 unspecified atom stereocenters. The van der Waals surface area contributed by atoms with Gasteiger partial charge in [-0.2, -0.15) is 0 Å². The molecule has 254 valence electrons. The Kier molecular flexibility index (Phi) is 14.3. The Labute approximate surface area is 283 Å². The molecule has 0 aromatic heterocycles. The van der Waals surface area contributed by atoms with Gasteiger partial charge in [0.2, 0.25) is 0 Å². The van der Waals surface area contributed by atoms with E-state index in [0.29, 0.717) is 33.8 Å². The van der Waals surface area contributed by atoms with E-state index in [0.717, 1.165) is 11.1 Å². The summed E-state index contributed by atoms with van der Waals surface area (Å²) < 4.78 is 11.2. The van der Waals surface area contributed by atoms with E-state index in [2.05, 4.69) is 10.6 Å². The van der Waals surface area contributed by atoms with E-state index >= 15 is 0 Å². The molecule has 0 spiro atoms. The number of benzene rings is 2. The highest BCUT2D eigenvalue weighted by Gasteiger charge is 2.31. The van der Waals surface area contributed by atoms with E-state index in [-0.39, 0.29) is 23.7 Å². The van der Waals surface area contributed by atoms with Crippen molar-refractivity contribution < 1.29 is 28.7 Å². The number of esters is 2. The molecule has 8 nitrogen and oxygen atoms in total. The molecule has 0 saturated carbocycles. The summed E-state index contributed by atoms with van der Waals surface area (Å²) in [4.78, 5) is 54.8. The minimum Gasteiger partial charge on any atom is -0.458 e. The zero-order valence-corrected chi connectivity index (χ0v) is 31.1. The van der Waals surface area contributed by atoms with Gasteiger partial charge in [-0.05, 0) is 103 Å². The molecule has 10 heteroatoms. The summed E-state index contributed by atoms with van der Waals surface area (Å²) >= 11 is 0. The number of nitrogens with one attached hydrogen (secondary N) is 2. The van der Waals surface area contributed by atoms with Crippen molar-refractivity contribution in [2.75, 3.05) is 0 Å². The Morgan fingerprint density at radius 1 is 0.630 bits per heavy atom. The van der Waals surface area contributed by atoms with Gasteiger partial charge in [0, 0.05) is 9.79 Å². The molecule has 2 N–H and O–H groups in total. The fraction of sp³-hybridized carbons (Fsp3) is 0.556. The van der Waals surface area contributed by atoms with Crippen LogP contribution in [0.15, 0.2) is 46.2 Å². The van der Waals surface area contributed by atoms with Crippen LogP contribution in [-0.4, -0.2) is 47.0 Å². The Morgan fingerprint density at radius 2 is 0.957 bits per heavy atom. The van der Waals surface area contributed by atoms with Crippen LogP contribution in [0.2, 0.25) is 0 Å². The van der Waals surface area contributed by atoms with E-state index in [9.17, 15) is 19.2 Å². The molecule has 0 heterocycles. The van der Waals surface area contributed by atoms with Gasteiger partial charge in [0.15, 0.2) is 0 Å². The lowest BCUT2D eigenvalue weighted by molar-refractivity contribution is -0.158. The number of carbonyl (C=O) groups excluding carboxylic acids is 4. The van der Waals surface area contributed by atoms with Crippen LogP contribution in [-0.2, 0) is 19.1 Å². The third kappa shape index (κ3) is 12.7. The second-order valence-corrected chi connectivity index (χ2v) is 16.7. The van der Waals surface area contributed by atoms with Crippen LogP contribution in [0.25, 0.3) is 0 Å². The zero-order chi connectivity index (χ0) is 35.0. The summed E-state index contributed by atoms with van der Waals surface area (Å²) in [5, 5.41) is 5.85. The van der Waals surface area contributed by atoms with E-state index in [4.69, 9.17) is 9.47 Å². The molecular formula is C36H52N2O6S2. The van der Waals surface area contributed by atoms with Gasteiger partial charge in [-0.3, -0.25) is 9.59 Å². The summed E-state index contributed by atoms with van der Waals surface area (Å²) in [7, 11) is 2.71. The van der Waals surface area contributed by atoms with Gasteiger partial charge in [0.1, 0.15) is 23.3 Å². The molecule has 2 aromatic rings. The van der Waals surface area contributed by atoms with Crippen molar-refractivity contribution in [3.8, 4) is 0 Å². The van der Waals surface area contributed by atoms with E-state index < -0.39 is 35.2 Å². The number of aryl methyl sites for hydroxylation is 2. The molecule has 0 aliphatic heterocycles. The monoisotopic (exact) mass is 672 g/mol. The van der Waals surface area contributed by atoms with Crippen molar-refractivity contribution in [1.82, 2.24) is 10.6 Å². The van der Waals surface area contributed by atoms with Crippen molar-refractivity contribution in [2.24, 2.45) is 11.8 Å². The average Bonchev–Trinajstić information content (AvgIpc) is 2.88. The zero-order valence-electron chi connectivity index (χ0n) is 29.5. The first-order chi connectivity index (χ1) is 21.2. The number of ether oxygens (including phenoxy) is 2. The van der Waals surface area contributed by atoms with Crippen LogP contribution in [0.1, 0.15) is 114 Å². The van der Waals surface area contributed by atoms with Crippen LogP contribution in [0.3, 0.4) is 0 Å². The summed E-state index contributed by atoms with van der Waals surface area (Å²) in [6, 6.07) is 9.55. The molecule has 2 rings (SSSR count). The molecule has 0 fully saturated rings. The topological polar surface area (TPSA) is 111 Å². The molecule has 2 amide bonds. The maximum atomic E-state index is 13.7. The highest BCUT2D eigenvalue weighted by atomic mass is 33.1. The third-order valence-corrected chi connectivity index (χ3v) is 9.00. The van der Waals surface area contributed by atoms with Gasteiger partial charge in [-0.15, -0.1) is 0 Å². The average molecular weight is 673 g/mol. The van der Waals surface area contributed by atoms with Gasteiger partial charge in [-0.1, -0.05) is 73.5 Å². The second kappa shape index (κ2) is 16.7. The van der Waals surface area contributed by atoms with Gasteiger partial charge < -0.3 is 20.1 Å². The quantitative estimate of drug-likeness (QED) is 0.162. The SMILES string of the molecule is Cc1cccc(SSc2cccc(C)c2C(=O)NC(CC(C)C)C(=O)OC(C)(C)C)c1C(=O)NC(CC(C)C)C(=O)OC(C)(C)C. The second-order valence-electron chi connectivity index (χ2n) is 14.4. The van der Waals surface area contributed by atoms with Crippen LogP contribution in [0.4, 0.5) is 0 Å². The van der Waals surface area contributed by atoms with Crippen molar-refractivity contribution >= 4 is 45.3 Å². The summed E-state index contributed by atoms with van der Waals surface area (Å²) in [5.74, 6) is -1.36. The third-order valence-electron chi connectivity index (χ3n) is 6.55. The van der Waals surface area contributed by atoms with Crippen LogP contribution >= 0.6 is 21.6 Å². The molecule has 2 atom stereocenters. The Morgan fingerprint density at radius 3 is 1.24 bits per heavy atom. The smallest absolute Gasteiger partial charge is 0.329 e. The molecule has 0 aliphatic carbocycles. The number of hydrogen-bond acceptors (Lipinski definition) is 8. The van der Waals surface area contributed by atoms with Gasteiger partial charge >= 0.3 is 11.9 Å². The summed E-state index contributed by atoms with van der Waals surface area (Å²) in [6.45, 7) is 22.5. The standard InChI is InChI=1S/C36H52N2O6S2/c1-21(2)19-25(33(41)43-35(7,8)9)37-31(39)29-23(5)15-13-17-27(29)45-46-28-18-14-16-24(6)30(28)32(40)38-26(20-22(3)4)34(42)44-36(10,11)12/h13-18,21-22,25-26H,19-20H2,1-12H3,(H,37,39)(H,38,40). The van der Waals surface area contributed by atoms with Crippen LogP contribution in [0, 0.1) is 25.7 Å². The number of hydrogen-bond donors (Lipinski definition) is 2. The Bertz CT molecular complexity index is 1290. The first-order valence-corrected chi connectivity index (χ1v) is 17.9. The fourth-order valence-electron chi connectivity index (χ4n) is 4.67. The Hall–Kier alpha value is -2.98. The minimum atomic E-state index is -0.798. The Balaban J connectivity index is 2.36. The minimum absolute atomic E-state index is 0.153. The molecule has 0 radical (unpaired) electrons. The number of rotatable bonds is 13. The lowest BCUT2D eigenvalue weighted by Crippen LogP contribution is -2.45. The highest BCUT2D eigenvalue weighted by molar-refractivity contribution is 8.76. The largest absolute Gasteiger partial charge is 0.458 e. The van der Waals surface area contributed by atoms with Gasteiger partial charge in [-0.25, -0.2) is 9.59 Å². The van der Waals surface area contributed by atoms with E-state index in [1.807, 2.05) is 77.9 Å². The molecule has 46 heavy (non-hydrogen) atoms. The highest BCUT2D eigenvalue weighted by Crippen LogP contribution is 2.42. The van der Waals surface area contributed by atoms with Gasteiger partial charge in [0.05, 0.1) is 11.1 Å². The van der Waals surface area contributed by atoms with Gasteiger partial charge in [0.25, 0.3) is 11.8 Å².